The average Bonchev–Trinajstić information content (AvgIpc) is 2.85. The Morgan fingerprint density at radius 1 is 1.04 bits per heavy atom. The quantitative estimate of drug-likeness (QED) is 0.748. The minimum absolute atomic E-state index is 0.0757. The van der Waals surface area contributed by atoms with Crippen LogP contribution in [0, 0.1) is 0 Å². The zero-order chi connectivity index (χ0) is 20.6. The number of carboxylic acids is 1. The van der Waals surface area contributed by atoms with Crippen LogP contribution in [0.4, 0.5) is 24.5 Å². The normalized spacial score (nSPS) is 14.6. The number of hydrogen-bond donors (Lipinski definition) is 2. The van der Waals surface area contributed by atoms with Crippen molar-refractivity contribution >= 4 is 40.8 Å². The molecule has 0 bridgehead atoms. The van der Waals surface area contributed by atoms with Crippen molar-refractivity contribution in [3.05, 3.63) is 70.4 Å². The Kier molecular flexibility index (Phi) is 4.86. The molecule has 0 radical (unpaired) electrons. The number of nitrogens with one attached hydrogen (secondary N) is 1. The fourth-order valence-electron chi connectivity index (χ4n) is 2.54. The van der Waals surface area contributed by atoms with Crippen LogP contribution >= 0.6 is 11.6 Å². The number of carbonyl (C=O) groups is 3. The third-order valence-electron chi connectivity index (χ3n) is 3.84. The molecule has 0 atom stereocenters. The van der Waals surface area contributed by atoms with Gasteiger partial charge in [-0.25, -0.2) is 9.69 Å². The Balaban J connectivity index is 1.93. The van der Waals surface area contributed by atoms with E-state index in [-0.39, 0.29) is 22.6 Å². The third kappa shape index (κ3) is 3.56. The minimum Gasteiger partial charge on any atom is -0.478 e. The second kappa shape index (κ2) is 7.01. The van der Waals surface area contributed by atoms with Crippen molar-refractivity contribution in [2.24, 2.45) is 0 Å². The van der Waals surface area contributed by atoms with Gasteiger partial charge in [0.2, 0.25) is 0 Å². The summed E-state index contributed by atoms with van der Waals surface area (Å²) in [6.07, 6.45) is -4.66. The molecule has 1 heterocycles. The first-order chi connectivity index (χ1) is 13.1. The largest absolute Gasteiger partial charge is 0.478 e. The van der Waals surface area contributed by atoms with Gasteiger partial charge in [-0.3, -0.25) is 9.59 Å². The number of hydrogen-bond acceptors (Lipinski definition) is 4. The highest BCUT2D eigenvalue weighted by atomic mass is 35.5. The van der Waals surface area contributed by atoms with Crippen LogP contribution in [0.3, 0.4) is 0 Å². The van der Waals surface area contributed by atoms with E-state index in [1.807, 2.05) is 0 Å². The first-order valence-electron chi connectivity index (χ1n) is 7.66. The summed E-state index contributed by atoms with van der Waals surface area (Å²) in [5.74, 6) is -3.17. The van der Waals surface area contributed by atoms with Crippen molar-refractivity contribution in [3.63, 3.8) is 0 Å². The highest BCUT2D eigenvalue weighted by Crippen LogP contribution is 2.35. The molecule has 1 aliphatic rings. The molecule has 1 aliphatic heterocycles. The van der Waals surface area contributed by atoms with Gasteiger partial charge < -0.3 is 10.4 Å². The van der Waals surface area contributed by atoms with Crippen molar-refractivity contribution in [3.8, 4) is 0 Å². The highest BCUT2D eigenvalue weighted by Gasteiger charge is 2.40. The molecule has 2 aromatic rings. The van der Waals surface area contributed by atoms with Crippen molar-refractivity contribution in [2.45, 2.75) is 6.18 Å². The molecule has 0 aromatic heterocycles. The molecule has 6 nitrogen and oxygen atoms in total. The van der Waals surface area contributed by atoms with Crippen LogP contribution in [0.2, 0.25) is 0 Å². The zero-order valence-electron chi connectivity index (χ0n) is 13.7. The lowest BCUT2D eigenvalue weighted by Crippen LogP contribution is -2.32. The summed E-state index contributed by atoms with van der Waals surface area (Å²) in [4.78, 5) is 36.5. The van der Waals surface area contributed by atoms with Crippen LogP contribution in [0.15, 0.2) is 59.3 Å². The van der Waals surface area contributed by atoms with Crippen molar-refractivity contribution in [1.29, 1.82) is 0 Å². The van der Waals surface area contributed by atoms with E-state index in [0.717, 1.165) is 12.1 Å². The number of aromatic carboxylic acids is 1. The maximum absolute atomic E-state index is 12.9. The summed E-state index contributed by atoms with van der Waals surface area (Å²) in [7, 11) is 0. The average molecular weight is 411 g/mol. The number of alkyl halides is 3. The zero-order valence-corrected chi connectivity index (χ0v) is 14.5. The van der Waals surface area contributed by atoms with Crippen LogP contribution in [-0.2, 0) is 15.8 Å². The summed E-state index contributed by atoms with van der Waals surface area (Å²) in [5, 5.41) is 11.0. The lowest BCUT2D eigenvalue weighted by Gasteiger charge is -2.17. The van der Waals surface area contributed by atoms with Gasteiger partial charge >= 0.3 is 12.1 Å². The molecule has 0 saturated heterocycles. The summed E-state index contributed by atoms with van der Waals surface area (Å²) >= 11 is 5.92. The summed E-state index contributed by atoms with van der Waals surface area (Å²) < 4.78 is 38.7. The van der Waals surface area contributed by atoms with Crippen LogP contribution < -0.4 is 10.2 Å². The van der Waals surface area contributed by atoms with E-state index in [2.05, 4.69) is 5.32 Å². The lowest BCUT2D eigenvalue weighted by atomic mass is 10.2. The minimum atomic E-state index is -4.66. The molecule has 3 rings (SSSR count). The number of amides is 2. The van der Waals surface area contributed by atoms with Crippen molar-refractivity contribution < 1.29 is 32.7 Å². The number of carbonyl (C=O) groups excluding carboxylic acids is 2. The van der Waals surface area contributed by atoms with E-state index < -0.39 is 34.6 Å². The lowest BCUT2D eigenvalue weighted by molar-refractivity contribution is -0.137. The molecule has 28 heavy (non-hydrogen) atoms. The van der Waals surface area contributed by atoms with Gasteiger partial charge in [0.1, 0.15) is 10.7 Å². The Morgan fingerprint density at radius 3 is 2.36 bits per heavy atom. The second-order valence-electron chi connectivity index (χ2n) is 5.69. The molecule has 10 heteroatoms. The predicted molar refractivity (Wildman–Crippen MR) is 93.8 cm³/mol. The van der Waals surface area contributed by atoms with E-state index >= 15 is 0 Å². The van der Waals surface area contributed by atoms with Crippen molar-refractivity contribution in [1.82, 2.24) is 0 Å². The Labute approximate surface area is 160 Å². The van der Waals surface area contributed by atoms with Gasteiger partial charge in [0.25, 0.3) is 11.8 Å². The highest BCUT2D eigenvalue weighted by molar-refractivity contribution is 6.53. The molecule has 0 spiro atoms. The Hall–Kier alpha value is -3.33. The third-order valence-corrected chi connectivity index (χ3v) is 4.19. The standard InChI is InChI=1S/C18H10ClF3N2O4/c19-13-14(23-11-5-1-3-9(7-11)17(27)28)16(26)24(15(13)25)12-6-2-4-10(8-12)18(20,21)22/h1-8,23H,(H,27,28). The number of halogens is 4. The van der Waals surface area contributed by atoms with Crippen LogP contribution in [0.1, 0.15) is 15.9 Å². The van der Waals surface area contributed by atoms with E-state index in [4.69, 9.17) is 16.7 Å². The number of imide groups is 1. The van der Waals surface area contributed by atoms with E-state index in [9.17, 15) is 27.6 Å². The molecule has 0 saturated carbocycles. The van der Waals surface area contributed by atoms with Gasteiger partial charge in [-0.1, -0.05) is 23.7 Å². The van der Waals surface area contributed by atoms with Gasteiger partial charge in [-0.2, -0.15) is 13.2 Å². The molecule has 0 unspecified atom stereocenters. The Bertz CT molecular complexity index is 1030. The summed E-state index contributed by atoms with van der Waals surface area (Å²) in [6.45, 7) is 0. The number of benzene rings is 2. The Morgan fingerprint density at radius 2 is 1.71 bits per heavy atom. The van der Waals surface area contributed by atoms with Gasteiger partial charge in [0.15, 0.2) is 0 Å². The van der Waals surface area contributed by atoms with Gasteiger partial charge in [-0.15, -0.1) is 0 Å². The smallest absolute Gasteiger partial charge is 0.416 e. The fourth-order valence-corrected chi connectivity index (χ4v) is 2.75. The molecule has 2 aromatic carbocycles. The number of anilines is 2. The van der Waals surface area contributed by atoms with Crippen LogP contribution in [0.25, 0.3) is 0 Å². The fraction of sp³-hybridized carbons (Fsp3) is 0.0556. The first kappa shape index (κ1) is 19.4. The van der Waals surface area contributed by atoms with Gasteiger partial charge in [0.05, 0.1) is 16.8 Å². The second-order valence-corrected chi connectivity index (χ2v) is 6.07. The van der Waals surface area contributed by atoms with Crippen LogP contribution in [0.5, 0.6) is 0 Å². The van der Waals surface area contributed by atoms with Gasteiger partial charge in [-0.05, 0) is 36.4 Å². The van der Waals surface area contributed by atoms with Gasteiger partial charge in [0, 0.05) is 5.69 Å². The molecule has 0 aliphatic carbocycles. The number of carboxylic acid groups (broad SMARTS) is 1. The first-order valence-corrected chi connectivity index (χ1v) is 8.03. The van der Waals surface area contributed by atoms with E-state index in [1.54, 1.807) is 0 Å². The molecule has 2 N–H and O–H groups in total. The van der Waals surface area contributed by atoms with E-state index in [1.165, 1.54) is 30.3 Å². The van der Waals surface area contributed by atoms with Crippen molar-refractivity contribution in [2.75, 3.05) is 10.2 Å². The SMILES string of the molecule is O=C(O)c1cccc(NC2=C(Cl)C(=O)N(c3cccc(C(F)(F)F)c3)C2=O)c1. The molecule has 144 valence electrons. The monoisotopic (exact) mass is 410 g/mol. The predicted octanol–water partition coefficient (Wildman–Crippen LogP) is 3.84. The van der Waals surface area contributed by atoms with Crippen LogP contribution in [-0.4, -0.2) is 22.9 Å². The number of rotatable bonds is 4. The summed E-state index contributed by atoms with van der Waals surface area (Å²) in [5.41, 5.74) is -1.60. The molecular formula is C18H10ClF3N2O4. The maximum atomic E-state index is 12.9. The summed E-state index contributed by atoms with van der Waals surface area (Å²) in [6, 6.07) is 9.08. The maximum Gasteiger partial charge on any atom is 0.416 e. The number of nitrogens with zero attached hydrogens (tertiary/aromatic N) is 1. The topological polar surface area (TPSA) is 86.7 Å². The van der Waals surface area contributed by atoms with E-state index in [0.29, 0.717) is 11.0 Å². The molecular weight excluding hydrogens is 401 g/mol. The molecule has 2 amide bonds. The molecule has 0 fully saturated rings.